The van der Waals surface area contributed by atoms with E-state index >= 15 is 0 Å². The first kappa shape index (κ1) is 9.32. The fourth-order valence-electron chi connectivity index (χ4n) is 0.871. The van der Waals surface area contributed by atoms with Crippen molar-refractivity contribution in [2.45, 2.75) is 0 Å². The molecule has 0 aromatic heterocycles. The Morgan fingerprint density at radius 2 is 2.08 bits per heavy atom. The number of hydrogen-bond acceptors (Lipinski definition) is 2. The van der Waals surface area contributed by atoms with Crippen LogP contribution >= 0.6 is 0 Å². The van der Waals surface area contributed by atoms with Crippen LogP contribution in [0.15, 0.2) is 36.9 Å². The average Bonchev–Trinajstić information content (AvgIpc) is 2.15. The van der Waals surface area contributed by atoms with E-state index in [2.05, 4.69) is 6.58 Å². The van der Waals surface area contributed by atoms with E-state index in [9.17, 15) is 4.79 Å². The first-order valence-corrected chi connectivity index (χ1v) is 3.87. The van der Waals surface area contributed by atoms with Gasteiger partial charge in [0.05, 0.1) is 0 Å². The highest BCUT2D eigenvalue weighted by Gasteiger charge is 1.98. The Morgan fingerprint density at radius 3 is 2.54 bits per heavy atom. The number of primary amides is 1. The summed E-state index contributed by atoms with van der Waals surface area (Å²) in [6, 6.07) is 6.65. The smallest absolute Gasteiger partial charge is 0.248 e. The van der Waals surface area contributed by atoms with E-state index in [0.717, 1.165) is 0 Å². The zero-order chi connectivity index (χ0) is 9.68. The summed E-state index contributed by atoms with van der Waals surface area (Å²) in [4.78, 5) is 10.7. The molecular weight excluding hydrogens is 166 g/mol. The Labute approximate surface area is 76.8 Å². The highest BCUT2D eigenvalue weighted by molar-refractivity contribution is 5.92. The van der Waals surface area contributed by atoms with Crippen molar-refractivity contribution in [2.75, 3.05) is 6.61 Å². The number of ether oxygens (including phenoxy) is 1. The van der Waals surface area contributed by atoms with Crippen LogP contribution in [-0.2, 0) is 0 Å². The zero-order valence-corrected chi connectivity index (χ0v) is 7.19. The van der Waals surface area contributed by atoms with Gasteiger partial charge in [-0.25, -0.2) is 0 Å². The largest absolute Gasteiger partial charge is 0.490 e. The Balaban J connectivity index is 2.69. The third kappa shape index (κ3) is 2.63. The molecule has 0 aliphatic rings. The minimum Gasteiger partial charge on any atom is -0.490 e. The highest BCUT2D eigenvalue weighted by Crippen LogP contribution is 2.11. The van der Waals surface area contributed by atoms with Gasteiger partial charge in [-0.1, -0.05) is 12.7 Å². The fraction of sp³-hybridized carbons (Fsp3) is 0.100. The molecule has 0 aliphatic heterocycles. The Morgan fingerprint density at radius 1 is 1.46 bits per heavy atom. The van der Waals surface area contributed by atoms with E-state index in [1.807, 2.05) is 0 Å². The Hall–Kier alpha value is -1.77. The maximum absolute atomic E-state index is 10.7. The first-order valence-electron chi connectivity index (χ1n) is 3.87. The summed E-state index contributed by atoms with van der Waals surface area (Å²) >= 11 is 0. The lowest BCUT2D eigenvalue weighted by Gasteiger charge is -2.02. The third-order valence-corrected chi connectivity index (χ3v) is 1.51. The second kappa shape index (κ2) is 4.30. The van der Waals surface area contributed by atoms with Gasteiger partial charge >= 0.3 is 0 Å². The van der Waals surface area contributed by atoms with E-state index < -0.39 is 5.91 Å². The lowest BCUT2D eigenvalue weighted by molar-refractivity contribution is 0.100. The van der Waals surface area contributed by atoms with Gasteiger partial charge in [-0.2, -0.15) is 0 Å². The van der Waals surface area contributed by atoms with E-state index in [4.69, 9.17) is 10.5 Å². The van der Waals surface area contributed by atoms with Gasteiger partial charge in [0.2, 0.25) is 5.91 Å². The predicted octanol–water partition coefficient (Wildman–Crippen LogP) is 1.35. The maximum atomic E-state index is 10.7. The van der Waals surface area contributed by atoms with Crippen LogP contribution in [-0.4, -0.2) is 12.5 Å². The second-order valence-corrected chi connectivity index (χ2v) is 2.49. The number of amides is 1. The highest BCUT2D eigenvalue weighted by atomic mass is 16.5. The van der Waals surface area contributed by atoms with Gasteiger partial charge in [0.1, 0.15) is 12.4 Å². The molecule has 0 atom stereocenters. The Kier molecular flexibility index (Phi) is 3.09. The van der Waals surface area contributed by atoms with Gasteiger partial charge < -0.3 is 10.5 Å². The molecule has 0 aliphatic carbocycles. The molecule has 3 heteroatoms. The molecule has 0 saturated heterocycles. The van der Waals surface area contributed by atoms with Gasteiger partial charge in [0.25, 0.3) is 0 Å². The normalized spacial score (nSPS) is 9.23. The van der Waals surface area contributed by atoms with Crippen LogP contribution in [0.25, 0.3) is 0 Å². The van der Waals surface area contributed by atoms with Crippen LogP contribution in [0.4, 0.5) is 0 Å². The predicted molar refractivity (Wildman–Crippen MR) is 50.7 cm³/mol. The molecule has 0 unspecified atom stereocenters. The average molecular weight is 177 g/mol. The molecule has 13 heavy (non-hydrogen) atoms. The van der Waals surface area contributed by atoms with Gasteiger partial charge in [0, 0.05) is 5.56 Å². The molecule has 1 amide bonds. The summed E-state index contributed by atoms with van der Waals surface area (Å²) < 4.78 is 5.22. The number of nitrogens with two attached hydrogens (primary N) is 1. The number of carbonyl (C=O) groups is 1. The number of benzene rings is 1. The summed E-state index contributed by atoms with van der Waals surface area (Å²) in [5, 5.41) is 0. The van der Waals surface area contributed by atoms with E-state index in [-0.39, 0.29) is 0 Å². The fourth-order valence-corrected chi connectivity index (χ4v) is 0.871. The van der Waals surface area contributed by atoms with Crippen molar-refractivity contribution in [2.24, 2.45) is 5.73 Å². The summed E-state index contributed by atoms with van der Waals surface area (Å²) in [6.07, 6.45) is 1.65. The van der Waals surface area contributed by atoms with Gasteiger partial charge in [0.15, 0.2) is 0 Å². The van der Waals surface area contributed by atoms with Crippen LogP contribution in [0, 0.1) is 0 Å². The molecule has 1 aromatic rings. The molecule has 1 aromatic carbocycles. The van der Waals surface area contributed by atoms with E-state index in [1.165, 1.54) is 0 Å². The molecule has 0 bridgehead atoms. The quantitative estimate of drug-likeness (QED) is 0.706. The summed E-state index contributed by atoms with van der Waals surface area (Å²) in [5.41, 5.74) is 5.55. The molecule has 0 heterocycles. The summed E-state index contributed by atoms with van der Waals surface area (Å²) in [5.74, 6) is 0.264. The van der Waals surface area contributed by atoms with Crippen LogP contribution in [0.1, 0.15) is 10.4 Å². The summed E-state index contributed by atoms with van der Waals surface area (Å²) in [6.45, 7) is 3.98. The van der Waals surface area contributed by atoms with Crippen molar-refractivity contribution < 1.29 is 9.53 Å². The van der Waals surface area contributed by atoms with E-state index in [1.54, 1.807) is 30.3 Å². The number of carbonyl (C=O) groups excluding carboxylic acids is 1. The molecule has 3 nitrogen and oxygen atoms in total. The van der Waals surface area contributed by atoms with Crippen molar-refractivity contribution in [3.05, 3.63) is 42.5 Å². The van der Waals surface area contributed by atoms with Crippen molar-refractivity contribution in [3.8, 4) is 5.75 Å². The summed E-state index contributed by atoms with van der Waals surface area (Å²) in [7, 11) is 0. The van der Waals surface area contributed by atoms with E-state index in [0.29, 0.717) is 17.9 Å². The van der Waals surface area contributed by atoms with Gasteiger partial charge in [-0.15, -0.1) is 0 Å². The molecule has 68 valence electrons. The minimum atomic E-state index is -0.435. The lowest BCUT2D eigenvalue weighted by Crippen LogP contribution is -2.10. The van der Waals surface area contributed by atoms with Crippen LogP contribution < -0.4 is 10.5 Å². The van der Waals surface area contributed by atoms with Crippen molar-refractivity contribution in [3.63, 3.8) is 0 Å². The molecule has 0 spiro atoms. The molecular formula is C10H11NO2. The topological polar surface area (TPSA) is 52.3 Å². The SMILES string of the molecule is C=CCOc1ccc(C(N)=O)cc1. The monoisotopic (exact) mass is 177 g/mol. The minimum absolute atomic E-state index is 0.435. The number of hydrogen-bond donors (Lipinski definition) is 1. The van der Waals surface area contributed by atoms with Crippen molar-refractivity contribution in [1.29, 1.82) is 0 Å². The molecule has 0 radical (unpaired) electrons. The third-order valence-electron chi connectivity index (χ3n) is 1.51. The molecule has 2 N–H and O–H groups in total. The van der Waals surface area contributed by atoms with Gasteiger partial charge in [-0.05, 0) is 24.3 Å². The van der Waals surface area contributed by atoms with Gasteiger partial charge in [-0.3, -0.25) is 4.79 Å². The second-order valence-electron chi connectivity index (χ2n) is 2.49. The van der Waals surface area contributed by atoms with Crippen LogP contribution in [0.2, 0.25) is 0 Å². The number of rotatable bonds is 4. The Bertz CT molecular complexity index is 303. The van der Waals surface area contributed by atoms with Crippen LogP contribution in [0.5, 0.6) is 5.75 Å². The van der Waals surface area contributed by atoms with Crippen molar-refractivity contribution >= 4 is 5.91 Å². The molecule has 0 fully saturated rings. The first-order chi connectivity index (χ1) is 6.24. The van der Waals surface area contributed by atoms with Crippen molar-refractivity contribution in [1.82, 2.24) is 0 Å². The maximum Gasteiger partial charge on any atom is 0.248 e. The zero-order valence-electron chi connectivity index (χ0n) is 7.19. The lowest BCUT2D eigenvalue weighted by atomic mass is 10.2. The molecule has 1 rings (SSSR count). The van der Waals surface area contributed by atoms with Crippen LogP contribution in [0.3, 0.4) is 0 Å². The standard InChI is InChI=1S/C10H11NO2/c1-2-7-13-9-5-3-8(4-6-9)10(11)12/h2-6H,1,7H2,(H2,11,12). The molecule has 0 saturated carbocycles.